The molecule has 2 rings (SSSR count). The van der Waals surface area contributed by atoms with Crippen LogP contribution in [0.25, 0.3) is 0 Å². The summed E-state index contributed by atoms with van der Waals surface area (Å²) in [5.41, 5.74) is 0.294. The molecule has 0 atom stereocenters. The highest BCUT2D eigenvalue weighted by Crippen LogP contribution is 2.22. The molecule has 94 valence electrons. The number of nitrogens with zero attached hydrogens (tertiary/aromatic N) is 1. The molecule has 4 heteroatoms. The van der Waals surface area contributed by atoms with Crippen LogP contribution in [0.3, 0.4) is 0 Å². The molecule has 0 aliphatic carbocycles. The molecule has 0 spiro atoms. The molecular weight excluding hydrogens is 218 g/mol. The van der Waals surface area contributed by atoms with Gasteiger partial charge in [0.05, 0.1) is 12.8 Å². The normalized spacial score (nSPS) is 18.4. The van der Waals surface area contributed by atoms with Crippen LogP contribution in [0.5, 0.6) is 0 Å². The fourth-order valence-corrected chi connectivity index (χ4v) is 2.41. The maximum Gasteiger partial charge on any atom is 0.339 e. The van der Waals surface area contributed by atoms with Gasteiger partial charge < -0.3 is 9.52 Å². The summed E-state index contributed by atoms with van der Waals surface area (Å²) in [7, 11) is 0. The van der Waals surface area contributed by atoms with E-state index in [0.29, 0.717) is 17.9 Å². The minimum absolute atomic E-state index is 0.294. The SMILES string of the molecule is CCC1CCN(Cc2occc2C(=O)O)CC1. The second-order valence-electron chi connectivity index (χ2n) is 4.69. The molecule has 0 unspecified atom stereocenters. The van der Waals surface area contributed by atoms with Crippen molar-refractivity contribution in [3.8, 4) is 0 Å². The van der Waals surface area contributed by atoms with Gasteiger partial charge in [-0.05, 0) is 37.9 Å². The first kappa shape index (κ1) is 12.2. The summed E-state index contributed by atoms with van der Waals surface area (Å²) >= 11 is 0. The Morgan fingerprint density at radius 2 is 2.24 bits per heavy atom. The van der Waals surface area contributed by atoms with Gasteiger partial charge in [0.15, 0.2) is 0 Å². The molecule has 0 bridgehead atoms. The van der Waals surface area contributed by atoms with E-state index in [0.717, 1.165) is 19.0 Å². The Hall–Kier alpha value is -1.29. The van der Waals surface area contributed by atoms with E-state index in [1.54, 1.807) is 0 Å². The Bertz CT molecular complexity index is 378. The summed E-state index contributed by atoms with van der Waals surface area (Å²) in [6.07, 6.45) is 5.12. The first-order chi connectivity index (χ1) is 8.20. The minimum atomic E-state index is -0.905. The Kier molecular flexibility index (Phi) is 3.84. The molecule has 2 heterocycles. The van der Waals surface area contributed by atoms with Crippen molar-refractivity contribution in [3.05, 3.63) is 23.7 Å². The van der Waals surface area contributed by atoms with Crippen LogP contribution in [0.15, 0.2) is 16.7 Å². The van der Waals surface area contributed by atoms with Crippen molar-refractivity contribution in [3.63, 3.8) is 0 Å². The quantitative estimate of drug-likeness (QED) is 0.874. The number of hydrogen-bond acceptors (Lipinski definition) is 3. The van der Waals surface area contributed by atoms with Crippen molar-refractivity contribution < 1.29 is 14.3 Å². The molecule has 0 aromatic carbocycles. The molecule has 0 amide bonds. The Morgan fingerprint density at radius 3 is 2.82 bits per heavy atom. The third kappa shape index (κ3) is 2.88. The third-order valence-corrected chi connectivity index (χ3v) is 3.63. The smallest absolute Gasteiger partial charge is 0.339 e. The van der Waals surface area contributed by atoms with Crippen molar-refractivity contribution in [2.45, 2.75) is 32.7 Å². The Balaban J connectivity index is 1.93. The van der Waals surface area contributed by atoms with Gasteiger partial charge in [0.2, 0.25) is 0 Å². The number of carboxylic acid groups (broad SMARTS) is 1. The third-order valence-electron chi connectivity index (χ3n) is 3.63. The van der Waals surface area contributed by atoms with Crippen LogP contribution in [-0.4, -0.2) is 29.1 Å². The van der Waals surface area contributed by atoms with Crippen molar-refractivity contribution in [2.75, 3.05) is 13.1 Å². The molecule has 0 saturated carbocycles. The van der Waals surface area contributed by atoms with E-state index < -0.39 is 5.97 Å². The summed E-state index contributed by atoms with van der Waals surface area (Å²) in [5, 5.41) is 8.99. The average Bonchev–Trinajstić information content (AvgIpc) is 2.78. The number of likely N-dealkylation sites (tertiary alicyclic amines) is 1. The number of carboxylic acids is 1. The first-order valence-electron chi connectivity index (χ1n) is 6.22. The first-order valence-corrected chi connectivity index (χ1v) is 6.22. The number of aromatic carboxylic acids is 1. The molecule has 17 heavy (non-hydrogen) atoms. The zero-order valence-corrected chi connectivity index (χ0v) is 10.2. The standard InChI is InChI=1S/C13H19NO3/c1-2-10-3-6-14(7-4-10)9-12-11(13(15)16)5-8-17-12/h5,8,10H,2-4,6-7,9H2,1H3,(H,15,16). The van der Waals surface area contributed by atoms with E-state index in [1.165, 1.54) is 31.6 Å². The molecule has 4 nitrogen and oxygen atoms in total. The van der Waals surface area contributed by atoms with E-state index in [9.17, 15) is 4.79 Å². The zero-order chi connectivity index (χ0) is 12.3. The summed E-state index contributed by atoms with van der Waals surface area (Å²) in [4.78, 5) is 13.2. The topological polar surface area (TPSA) is 53.7 Å². The van der Waals surface area contributed by atoms with Gasteiger partial charge >= 0.3 is 5.97 Å². The van der Waals surface area contributed by atoms with E-state index in [-0.39, 0.29) is 0 Å². The predicted octanol–water partition coefficient (Wildman–Crippen LogP) is 2.60. The van der Waals surface area contributed by atoms with Crippen molar-refractivity contribution >= 4 is 5.97 Å². The van der Waals surface area contributed by atoms with Crippen LogP contribution < -0.4 is 0 Å². The molecule has 1 aromatic rings. The van der Waals surface area contributed by atoms with E-state index in [4.69, 9.17) is 9.52 Å². The van der Waals surface area contributed by atoms with Gasteiger partial charge in [-0.15, -0.1) is 0 Å². The van der Waals surface area contributed by atoms with Crippen molar-refractivity contribution in [1.82, 2.24) is 4.90 Å². The van der Waals surface area contributed by atoms with E-state index >= 15 is 0 Å². The van der Waals surface area contributed by atoms with Gasteiger partial charge in [-0.2, -0.15) is 0 Å². The number of furan rings is 1. The van der Waals surface area contributed by atoms with Gasteiger partial charge in [-0.3, -0.25) is 4.90 Å². The van der Waals surface area contributed by atoms with E-state index in [2.05, 4.69) is 11.8 Å². The summed E-state index contributed by atoms with van der Waals surface area (Å²) < 4.78 is 5.26. The highest BCUT2D eigenvalue weighted by molar-refractivity contribution is 5.88. The summed E-state index contributed by atoms with van der Waals surface area (Å²) in [6, 6.07) is 1.52. The fourth-order valence-electron chi connectivity index (χ4n) is 2.41. The van der Waals surface area contributed by atoms with E-state index in [1.807, 2.05) is 0 Å². The lowest BCUT2D eigenvalue weighted by Gasteiger charge is -2.30. The van der Waals surface area contributed by atoms with Gasteiger partial charge in [0.25, 0.3) is 0 Å². The molecule has 1 aromatic heterocycles. The zero-order valence-electron chi connectivity index (χ0n) is 10.2. The van der Waals surface area contributed by atoms with Gasteiger partial charge in [-0.1, -0.05) is 13.3 Å². The molecule has 1 aliphatic rings. The van der Waals surface area contributed by atoms with Crippen LogP contribution >= 0.6 is 0 Å². The van der Waals surface area contributed by atoms with Gasteiger partial charge in [0, 0.05) is 0 Å². The maximum absolute atomic E-state index is 10.9. The number of rotatable bonds is 4. The summed E-state index contributed by atoms with van der Waals surface area (Å²) in [6.45, 7) is 4.93. The second-order valence-corrected chi connectivity index (χ2v) is 4.69. The van der Waals surface area contributed by atoms with Crippen LogP contribution in [0.2, 0.25) is 0 Å². The number of piperidine rings is 1. The lowest BCUT2D eigenvalue weighted by molar-refractivity contribution is 0.0691. The average molecular weight is 237 g/mol. The van der Waals surface area contributed by atoms with Crippen LogP contribution in [0.1, 0.15) is 42.3 Å². The fraction of sp³-hybridized carbons (Fsp3) is 0.615. The monoisotopic (exact) mass is 237 g/mol. The minimum Gasteiger partial charge on any atom is -0.478 e. The van der Waals surface area contributed by atoms with Crippen molar-refractivity contribution in [2.24, 2.45) is 5.92 Å². The molecule has 0 radical (unpaired) electrons. The maximum atomic E-state index is 10.9. The molecular formula is C13H19NO3. The predicted molar refractivity (Wildman–Crippen MR) is 64.0 cm³/mol. The highest BCUT2D eigenvalue weighted by atomic mass is 16.4. The van der Waals surface area contributed by atoms with Crippen LogP contribution in [-0.2, 0) is 6.54 Å². The van der Waals surface area contributed by atoms with Crippen LogP contribution in [0, 0.1) is 5.92 Å². The Morgan fingerprint density at radius 1 is 1.53 bits per heavy atom. The number of hydrogen-bond donors (Lipinski definition) is 1. The van der Waals surface area contributed by atoms with Crippen LogP contribution in [0.4, 0.5) is 0 Å². The van der Waals surface area contributed by atoms with Gasteiger partial charge in [-0.25, -0.2) is 4.79 Å². The number of carbonyl (C=O) groups is 1. The lowest BCUT2D eigenvalue weighted by Crippen LogP contribution is -2.33. The van der Waals surface area contributed by atoms with Crippen molar-refractivity contribution in [1.29, 1.82) is 0 Å². The molecule has 1 N–H and O–H groups in total. The van der Waals surface area contributed by atoms with Gasteiger partial charge in [0.1, 0.15) is 11.3 Å². The highest BCUT2D eigenvalue weighted by Gasteiger charge is 2.21. The second kappa shape index (κ2) is 5.36. The summed E-state index contributed by atoms with van der Waals surface area (Å²) in [5.74, 6) is 0.506. The largest absolute Gasteiger partial charge is 0.478 e. The molecule has 1 fully saturated rings. The molecule has 1 saturated heterocycles. The molecule has 1 aliphatic heterocycles. The Labute approximate surface area is 101 Å². The lowest BCUT2D eigenvalue weighted by atomic mass is 9.94.